The van der Waals surface area contributed by atoms with Crippen LogP contribution in [0.25, 0.3) is 10.2 Å². The van der Waals surface area contributed by atoms with Gasteiger partial charge in [-0.05, 0) is 75.3 Å². The minimum Gasteiger partial charge on any atom is -0.351 e. The van der Waals surface area contributed by atoms with Crippen molar-refractivity contribution in [2.24, 2.45) is 5.92 Å². The van der Waals surface area contributed by atoms with Crippen LogP contribution in [0.3, 0.4) is 0 Å². The molecule has 1 fully saturated rings. The molecule has 1 aliphatic carbocycles. The number of hydrogen-bond acceptors (Lipinski definition) is 3. The molecule has 0 bridgehead atoms. The summed E-state index contributed by atoms with van der Waals surface area (Å²) in [6.45, 7) is 6.69. The first-order valence-electron chi connectivity index (χ1n) is 11.8. The zero-order chi connectivity index (χ0) is 23.3. The number of aryl methyl sites for hydroxylation is 1. The molecule has 2 aromatic heterocycles. The Morgan fingerprint density at radius 2 is 1.97 bits per heavy atom. The molecule has 3 aromatic rings. The molecular weight excluding hydrogens is 454 g/mol. The van der Waals surface area contributed by atoms with Gasteiger partial charge in [0.15, 0.2) is 0 Å². The normalized spacial score (nSPS) is 25.3. The van der Waals surface area contributed by atoms with Gasteiger partial charge in [-0.3, -0.25) is 14.5 Å². The van der Waals surface area contributed by atoms with Gasteiger partial charge < -0.3 is 9.88 Å². The van der Waals surface area contributed by atoms with E-state index in [1.807, 2.05) is 29.7 Å². The van der Waals surface area contributed by atoms with Gasteiger partial charge in [-0.1, -0.05) is 31.5 Å². The summed E-state index contributed by atoms with van der Waals surface area (Å²) in [7, 11) is 0. The SMILES string of the molecule is CCc1cc2c(cc3n2C[C@@](C)(C(=O)NC2CCC(C)CC2)N(c2cccc(Cl)c2)C3=O)s1. The molecule has 1 atom stereocenters. The zero-order valence-electron chi connectivity index (χ0n) is 19.4. The highest BCUT2D eigenvalue weighted by Gasteiger charge is 2.49. The van der Waals surface area contributed by atoms with Crippen LogP contribution in [0.1, 0.15) is 61.8 Å². The number of amides is 2. The van der Waals surface area contributed by atoms with Crippen molar-refractivity contribution in [3.63, 3.8) is 0 Å². The van der Waals surface area contributed by atoms with E-state index in [2.05, 4.69) is 25.2 Å². The van der Waals surface area contributed by atoms with Gasteiger partial charge in [0.1, 0.15) is 11.2 Å². The number of hydrogen-bond donors (Lipinski definition) is 1. The Morgan fingerprint density at radius 3 is 2.67 bits per heavy atom. The number of nitrogens with zero attached hydrogens (tertiary/aromatic N) is 2. The molecule has 7 heteroatoms. The number of rotatable bonds is 4. The fourth-order valence-electron chi connectivity index (χ4n) is 5.27. The number of thiophene rings is 1. The standard InChI is InChI=1S/C26H30ClN3O2S/c1-4-20-13-21-23(33-20)14-22-24(31)30(19-7-5-6-17(27)12-19)26(3,15-29(21)22)25(32)28-18-10-8-16(2)9-11-18/h5-7,12-14,16,18H,4,8-11,15H2,1-3H3,(H,28,32)/t16?,18?,26-/m0/s1. The summed E-state index contributed by atoms with van der Waals surface area (Å²) in [6.07, 6.45) is 5.16. The van der Waals surface area contributed by atoms with Crippen molar-refractivity contribution in [3.8, 4) is 0 Å². The summed E-state index contributed by atoms with van der Waals surface area (Å²) in [6, 6.07) is 11.5. The predicted molar refractivity (Wildman–Crippen MR) is 135 cm³/mol. The average molecular weight is 484 g/mol. The fraction of sp³-hybridized carbons (Fsp3) is 0.462. The molecule has 0 spiro atoms. The number of nitrogens with one attached hydrogen (secondary N) is 1. The molecule has 5 rings (SSSR count). The van der Waals surface area contributed by atoms with Crippen LogP contribution in [-0.2, 0) is 17.8 Å². The van der Waals surface area contributed by atoms with E-state index in [1.54, 1.807) is 28.4 Å². The number of carbonyl (C=O) groups excluding carboxylic acids is 2. The molecule has 2 aliphatic rings. The molecule has 1 N–H and O–H groups in total. The van der Waals surface area contributed by atoms with E-state index in [4.69, 9.17) is 11.6 Å². The van der Waals surface area contributed by atoms with Gasteiger partial charge in [0.2, 0.25) is 5.91 Å². The highest BCUT2D eigenvalue weighted by molar-refractivity contribution is 7.19. The first-order valence-corrected chi connectivity index (χ1v) is 13.0. The van der Waals surface area contributed by atoms with Crippen LogP contribution in [0.5, 0.6) is 0 Å². The monoisotopic (exact) mass is 483 g/mol. The Kier molecular flexibility index (Phi) is 5.78. The third-order valence-electron chi connectivity index (χ3n) is 7.28. The van der Waals surface area contributed by atoms with E-state index in [-0.39, 0.29) is 17.9 Å². The summed E-state index contributed by atoms with van der Waals surface area (Å²) in [5, 5.41) is 3.84. The van der Waals surface area contributed by atoms with Gasteiger partial charge in [-0.25, -0.2) is 0 Å². The molecule has 33 heavy (non-hydrogen) atoms. The second kappa shape index (κ2) is 8.48. The second-order valence-electron chi connectivity index (χ2n) is 9.76. The van der Waals surface area contributed by atoms with Gasteiger partial charge in [-0.15, -0.1) is 11.3 Å². The lowest BCUT2D eigenvalue weighted by Crippen LogP contribution is -2.65. The molecule has 174 valence electrons. The van der Waals surface area contributed by atoms with E-state index in [0.29, 0.717) is 28.9 Å². The molecule has 1 saturated carbocycles. The van der Waals surface area contributed by atoms with Crippen LogP contribution in [0.2, 0.25) is 5.02 Å². The van der Waals surface area contributed by atoms with Crippen molar-refractivity contribution in [2.75, 3.05) is 4.90 Å². The van der Waals surface area contributed by atoms with Gasteiger partial charge in [0.25, 0.3) is 5.91 Å². The van der Waals surface area contributed by atoms with Crippen LogP contribution in [-0.4, -0.2) is 28.0 Å². The third-order valence-corrected chi connectivity index (χ3v) is 8.73. The number of anilines is 1. The van der Waals surface area contributed by atoms with Crippen molar-refractivity contribution in [3.05, 3.63) is 52.0 Å². The molecule has 0 saturated heterocycles. The third kappa shape index (κ3) is 3.87. The maximum absolute atomic E-state index is 13.9. The van der Waals surface area contributed by atoms with E-state index < -0.39 is 5.54 Å². The van der Waals surface area contributed by atoms with Crippen molar-refractivity contribution in [1.82, 2.24) is 9.88 Å². The first-order chi connectivity index (χ1) is 15.8. The van der Waals surface area contributed by atoms with Crippen LogP contribution >= 0.6 is 22.9 Å². The smallest absolute Gasteiger partial charge is 0.275 e. The quantitative estimate of drug-likeness (QED) is 0.492. The Morgan fingerprint density at radius 1 is 1.21 bits per heavy atom. The van der Waals surface area contributed by atoms with Crippen LogP contribution < -0.4 is 10.2 Å². The lowest BCUT2D eigenvalue weighted by atomic mass is 9.86. The molecule has 1 aromatic carbocycles. The number of benzene rings is 1. The maximum Gasteiger partial charge on any atom is 0.275 e. The first kappa shape index (κ1) is 22.5. The number of halogens is 1. The molecule has 0 unspecified atom stereocenters. The number of aromatic nitrogens is 1. The van der Waals surface area contributed by atoms with E-state index >= 15 is 0 Å². The van der Waals surface area contributed by atoms with Crippen molar-refractivity contribution in [1.29, 1.82) is 0 Å². The summed E-state index contributed by atoms with van der Waals surface area (Å²) < 4.78 is 3.13. The number of fused-ring (bicyclic) bond motifs is 3. The summed E-state index contributed by atoms with van der Waals surface area (Å²) in [4.78, 5) is 30.7. The average Bonchev–Trinajstić information content (AvgIpc) is 3.34. The largest absolute Gasteiger partial charge is 0.351 e. The zero-order valence-corrected chi connectivity index (χ0v) is 20.9. The molecule has 0 radical (unpaired) electrons. The van der Waals surface area contributed by atoms with Gasteiger partial charge in [0.05, 0.1) is 16.8 Å². The van der Waals surface area contributed by atoms with Crippen LogP contribution in [0, 0.1) is 5.92 Å². The molecule has 2 amide bonds. The molecule has 3 heterocycles. The molecular formula is C26H30ClN3O2S. The minimum absolute atomic E-state index is 0.103. The van der Waals surface area contributed by atoms with Crippen LogP contribution in [0.15, 0.2) is 36.4 Å². The Balaban J connectivity index is 1.58. The highest BCUT2D eigenvalue weighted by atomic mass is 35.5. The lowest BCUT2D eigenvalue weighted by Gasteiger charge is -2.45. The maximum atomic E-state index is 13.9. The van der Waals surface area contributed by atoms with Crippen molar-refractivity contribution >= 4 is 50.7 Å². The van der Waals surface area contributed by atoms with E-state index in [9.17, 15) is 9.59 Å². The summed E-state index contributed by atoms with van der Waals surface area (Å²) in [5.74, 6) is 0.434. The summed E-state index contributed by atoms with van der Waals surface area (Å²) >= 11 is 8.01. The van der Waals surface area contributed by atoms with E-state index in [0.717, 1.165) is 42.3 Å². The van der Waals surface area contributed by atoms with Gasteiger partial charge in [-0.2, -0.15) is 0 Å². The van der Waals surface area contributed by atoms with Crippen molar-refractivity contribution in [2.45, 2.75) is 71.0 Å². The number of carbonyl (C=O) groups is 2. The lowest BCUT2D eigenvalue weighted by molar-refractivity contribution is -0.127. The van der Waals surface area contributed by atoms with Crippen molar-refractivity contribution < 1.29 is 9.59 Å². The Hall–Kier alpha value is -2.31. The Bertz CT molecular complexity index is 1220. The van der Waals surface area contributed by atoms with Gasteiger partial charge in [0, 0.05) is 21.6 Å². The Labute approximate surface area is 203 Å². The molecule has 1 aliphatic heterocycles. The minimum atomic E-state index is -1.07. The second-order valence-corrected chi connectivity index (χ2v) is 11.4. The predicted octanol–water partition coefficient (Wildman–Crippen LogP) is 6.03. The fourth-order valence-corrected chi connectivity index (χ4v) is 6.49. The van der Waals surface area contributed by atoms with Crippen LogP contribution in [0.4, 0.5) is 5.69 Å². The topological polar surface area (TPSA) is 54.3 Å². The van der Waals surface area contributed by atoms with E-state index in [1.165, 1.54) is 4.88 Å². The highest BCUT2D eigenvalue weighted by Crippen LogP contribution is 2.39. The summed E-state index contributed by atoms with van der Waals surface area (Å²) in [5.41, 5.74) is 1.23. The molecule has 5 nitrogen and oxygen atoms in total. The van der Waals surface area contributed by atoms with Gasteiger partial charge >= 0.3 is 0 Å².